The number of halogens is 3. The summed E-state index contributed by atoms with van der Waals surface area (Å²) in [4.78, 5) is -0.495. The minimum absolute atomic E-state index is 0.0135. The monoisotopic (exact) mass is 461 g/mol. The Kier molecular flexibility index (Phi) is 6.78. The highest BCUT2D eigenvalue weighted by Crippen LogP contribution is 2.30. The Hall–Kier alpha value is -2.85. The van der Waals surface area contributed by atoms with Gasteiger partial charge in [0.2, 0.25) is 9.84 Å². The Morgan fingerprint density at radius 2 is 1.80 bits per heavy atom. The van der Waals surface area contributed by atoms with Crippen LogP contribution in [0.5, 0.6) is 5.75 Å². The molecule has 4 nitrogen and oxygen atoms in total. The molecule has 30 heavy (non-hydrogen) atoms. The molecule has 0 N–H and O–H groups in total. The van der Waals surface area contributed by atoms with Crippen molar-refractivity contribution in [3.05, 3.63) is 98.6 Å². The zero-order chi connectivity index (χ0) is 21.7. The maximum Gasteiger partial charge on any atom is 0.216 e. The van der Waals surface area contributed by atoms with E-state index >= 15 is 0 Å². The smallest absolute Gasteiger partial charge is 0.216 e. The minimum Gasteiger partial charge on any atom is -0.488 e. The van der Waals surface area contributed by atoms with Crippen molar-refractivity contribution in [1.29, 1.82) is 5.26 Å². The molecule has 0 saturated carbocycles. The molecule has 0 unspecified atom stereocenters. The normalized spacial score (nSPS) is 11.7. The van der Waals surface area contributed by atoms with E-state index in [1.807, 2.05) is 0 Å². The second-order valence-corrected chi connectivity index (χ2v) is 8.87. The van der Waals surface area contributed by atoms with Gasteiger partial charge in [-0.05, 0) is 48.5 Å². The predicted molar refractivity (Wildman–Crippen MR) is 114 cm³/mol. The Bertz CT molecular complexity index is 1230. The molecule has 0 aliphatic rings. The minimum atomic E-state index is -4.04. The fraction of sp³-hybridized carbons (Fsp3) is 0.0455. The summed E-state index contributed by atoms with van der Waals surface area (Å²) in [6.45, 7) is -0.193. The summed E-state index contributed by atoms with van der Waals surface area (Å²) < 4.78 is 45.3. The molecule has 152 valence electrons. The number of ether oxygens (including phenoxy) is 1. The van der Waals surface area contributed by atoms with Gasteiger partial charge in [-0.3, -0.25) is 0 Å². The third-order valence-electron chi connectivity index (χ3n) is 4.15. The van der Waals surface area contributed by atoms with Crippen molar-refractivity contribution in [3.63, 3.8) is 0 Å². The first kappa shape index (κ1) is 21.8. The molecule has 0 radical (unpaired) electrons. The van der Waals surface area contributed by atoms with Crippen LogP contribution >= 0.6 is 23.2 Å². The van der Waals surface area contributed by atoms with Crippen LogP contribution in [0.1, 0.15) is 11.1 Å². The lowest BCUT2D eigenvalue weighted by Crippen LogP contribution is -2.04. The molecular formula is C22H14Cl2FNO3S. The maximum absolute atomic E-state index is 14.0. The highest BCUT2D eigenvalue weighted by Gasteiger charge is 2.21. The van der Waals surface area contributed by atoms with Crippen LogP contribution in [0.4, 0.5) is 4.39 Å². The van der Waals surface area contributed by atoms with Gasteiger partial charge in [0, 0.05) is 16.1 Å². The van der Waals surface area contributed by atoms with E-state index in [4.69, 9.17) is 27.9 Å². The standard InChI is InChI=1S/C22H14Cl2FNO3S/c23-16-9-10-22(29-14-19-20(24)7-4-8-21(19)25)15(11-16)12-18(13-26)30(27,28)17-5-2-1-3-6-17/h1-12H,14H2/b18-12+. The molecular weight excluding hydrogens is 448 g/mol. The molecule has 0 heterocycles. The molecule has 0 atom stereocenters. The summed E-state index contributed by atoms with van der Waals surface area (Å²) in [5, 5.41) is 10.00. The highest BCUT2D eigenvalue weighted by molar-refractivity contribution is 7.95. The highest BCUT2D eigenvalue weighted by atomic mass is 35.5. The predicted octanol–water partition coefficient (Wildman–Crippen LogP) is 6.05. The number of nitriles is 1. The molecule has 3 aromatic rings. The summed E-state index contributed by atoms with van der Waals surface area (Å²) in [5.74, 6) is -0.312. The van der Waals surface area contributed by atoms with Crippen molar-refractivity contribution in [2.24, 2.45) is 0 Å². The Balaban J connectivity index is 2.00. The molecule has 0 aromatic heterocycles. The second kappa shape index (κ2) is 9.31. The summed E-state index contributed by atoms with van der Waals surface area (Å²) in [5.41, 5.74) is 0.410. The van der Waals surface area contributed by atoms with E-state index in [2.05, 4.69) is 0 Å². The van der Waals surface area contributed by atoms with E-state index in [0.717, 1.165) is 0 Å². The van der Waals surface area contributed by atoms with Gasteiger partial charge in [-0.1, -0.05) is 47.5 Å². The Morgan fingerprint density at radius 3 is 2.47 bits per heavy atom. The van der Waals surface area contributed by atoms with Crippen molar-refractivity contribution in [2.75, 3.05) is 0 Å². The van der Waals surface area contributed by atoms with E-state index < -0.39 is 20.6 Å². The van der Waals surface area contributed by atoms with Crippen LogP contribution < -0.4 is 4.74 Å². The van der Waals surface area contributed by atoms with Crippen molar-refractivity contribution >= 4 is 39.1 Å². The summed E-state index contributed by atoms with van der Waals surface area (Å²) in [6, 6.07) is 18.1. The molecule has 0 spiro atoms. The van der Waals surface area contributed by atoms with Crippen LogP contribution in [-0.4, -0.2) is 8.42 Å². The number of benzene rings is 3. The van der Waals surface area contributed by atoms with Crippen molar-refractivity contribution < 1.29 is 17.5 Å². The van der Waals surface area contributed by atoms with Crippen molar-refractivity contribution in [2.45, 2.75) is 11.5 Å². The molecule has 0 amide bonds. The number of sulfone groups is 1. The number of hydrogen-bond acceptors (Lipinski definition) is 4. The average Bonchev–Trinajstić information content (AvgIpc) is 2.73. The van der Waals surface area contributed by atoms with Gasteiger partial charge in [0.05, 0.1) is 9.92 Å². The third kappa shape index (κ3) is 4.82. The SMILES string of the molecule is N#C/C(=C\c1cc(Cl)ccc1OCc1c(F)cccc1Cl)S(=O)(=O)c1ccccc1. The topological polar surface area (TPSA) is 67.2 Å². The van der Waals surface area contributed by atoms with E-state index in [1.54, 1.807) is 24.3 Å². The molecule has 0 bridgehead atoms. The van der Waals surface area contributed by atoms with Crippen LogP contribution in [0.15, 0.2) is 76.5 Å². The molecule has 0 aliphatic heterocycles. The average molecular weight is 462 g/mol. The van der Waals surface area contributed by atoms with Gasteiger partial charge in [0.1, 0.15) is 29.1 Å². The third-order valence-corrected chi connectivity index (χ3v) is 6.42. The second-order valence-electron chi connectivity index (χ2n) is 6.11. The molecule has 0 saturated heterocycles. The number of nitrogens with zero attached hydrogens (tertiary/aromatic N) is 1. The van der Waals surface area contributed by atoms with E-state index in [1.165, 1.54) is 54.6 Å². The van der Waals surface area contributed by atoms with Crippen LogP contribution in [0.25, 0.3) is 6.08 Å². The summed E-state index contributed by atoms with van der Waals surface area (Å²) in [6.07, 6.45) is 1.17. The summed E-state index contributed by atoms with van der Waals surface area (Å²) >= 11 is 12.1. The number of allylic oxidation sites excluding steroid dienone is 1. The van der Waals surface area contributed by atoms with Gasteiger partial charge in [0.15, 0.2) is 0 Å². The lowest BCUT2D eigenvalue weighted by molar-refractivity contribution is 0.299. The zero-order valence-corrected chi connectivity index (χ0v) is 17.7. The largest absolute Gasteiger partial charge is 0.488 e. The first-order valence-electron chi connectivity index (χ1n) is 8.60. The van der Waals surface area contributed by atoms with E-state index in [0.29, 0.717) is 5.02 Å². The van der Waals surface area contributed by atoms with Gasteiger partial charge >= 0.3 is 0 Å². The lowest BCUT2D eigenvalue weighted by atomic mass is 10.2. The number of rotatable bonds is 6. The quantitative estimate of drug-likeness (QED) is 0.419. The Morgan fingerprint density at radius 1 is 1.07 bits per heavy atom. The zero-order valence-electron chi connectivity index (χ0n) is 15.3. The summed E-state index contributed by atoms with van der Waals surface area (Å²) in [7, 11) is -4.04. The van der Waals surface area contributed by atoms with Gasteiger partial charge in [-0.2, -0.15) is 5.26 Å². The van der Waals surface area contributed by atoms with Crippen LogP contribution in [0.2, 0.25) is 10.0 Å². The molecule has 8 heteroatoms. The van der Waals surface area contributed by atoms with Crippen molar-refractivity contribution in [3.8, 4) is 11.8 Å². The molecule has 0 fully saturated rings. The van der Waals surface area contributed by atoms with Crippen LogP contribution in [0.3, 0.4) is 0 Å². The molecule has 3 rings (SSSR count). The van der Waals surface area contributed by atoms with Crippen LogP contribution in [-0.2, 0) is 16.4 Å². The van der Waals surface area contributed by atoms with Gasteiger partial charge in [0.25, 0.3) is 0 Å². The first-order chi connectivity index (χ1) is 14.3. The first-order valence-corrected chi connectivity index (χ1v) is 10.8. The van der Waals surface area contributed by atoms with Gasteiger partial charge < -0.3 is 4.74 Å². The molecule has 3 aromatic carbocycles. The van der Waals surface area contributed by atoms with Gasteiger partial charge in [-0.25, -0.2) is 12.8 Å². The van der Waals surface area contributed by atoms with Crippen LogP contribution in [0, 0.1) is 17.1 Å². The van der Waals surface area contributed by atoms with E-state index in [9.17, 15) is 18.1 Å². The van der Waals surface area contributed by atoms with Gasteiger partial charge in [-0.15, -0.1) is 0 Å². The maximum atomic E-state index is 14.0. The fourth-order valence-electron chi connectivity index (χ4n) is 2.62. The van der Waals surface area contributed by atoms with E-state index in [-0.39, 0.29) is 33.4 Å². The molecule has 0 aliphatic carbocycles. The van der Waals surface area contributed by atoms with Crippen molar-refractivity contribution in [1.82, 2.24) is 0 Å². The number of hydrogen-bond donors (Lipinski definition) is 0. The lowest BCUT2D eigenvalue weighted by Gasteiger charge is -2.12. The fourth-order valence-corrected chi connectivity index (χ4v) is 4.19. The Labute approximate surface area is 183 Å².